The molecule has 11 nitrogen and oxygen atoms in total. The van der Waals surface area contributed by atoms with E-state index in [1.54, 1.807) is 0 Å². The minimum absolute atomic E-state index is 0.0560. The topological polar surface area (TPSA) is 162 Å². The van der Waals surface area contributed by atoms with Crippen molar-refractivity contribution in [3.05, 3.63) is 0 Å². The lowest BCUT2D eigenvalue weighted by Crippen LogP contribution is -2.41. The van der Waals surface area contributed by atoms with Crippen LogP contribution in [0.15, 0.2) is 0 Å². The van der Waals surface area contributed by atoms with E-state index < -0.39 is 5.91 Å². The fraction of sp³-hybridized carbons (Fsp3) is 0.833. The normalized spacial score (nSPS) is 10.0. The molecule has 0 aromatic heterocycles. The summed E-state index contributed by atoms with van der Waals surface area (Å²) in [6.07, 6.45) is 0.441. The van der Waals surface area contributed by atoms with Crippen molar-refractivity contribution in [1.29, 1.82) is 0 Å². The van der Waals surface area contributed by atoms with Crippen LogP contribution in [0.5, 0.6) is 0 Å². The van der Waals surface area contributed by atoms with Crippen LogP contribution >= 0.6 is 0 Å². The van der Waals surface area contributed by atoms with Crippen LogP contribution in [0.4, 0.5) is 0 Å². The molecule has 0 aliphatic carbocycles. The van der Waals surface area contributed by atoms with Crippen LogP contribution in [0.25, 0.3) is 0 Å². The van der Waals surface area contributed by atoms with Crippen LogP contribution in [-0.2, 0) is 14.4 Å². The summed E-state index contributed by atoms with van der Waals surface area (Å²) >= 11 is 0. The predicted molar refractivity (Wildman–Crippen MR) is 106 cm³/mol. The molecule has 0 unspecified atom stereocenters. The van der Waals surface area contributed by atoms with Gasteiger partial charge in [0.05, 0.1) is 33.0 Å². The van der Waals surface area contributed by atoms with Crippen molar-refractivity contribution in [2.24, 2.45) is 0 Å². The Morgan fingerprint density at radius 2 is 0.897 bits per heavy atom. The maximum absolute atomic E-state index is 11.9. The highest BCUT2D eigenvalue weighted by atomic mass is 16.3. The Hall–Kier alpha value is -1.79. The lowest BCUT2D eigenvalue weighted by Gasteiger charge is -2.24. The number of carbonyl (C=O) groups is 3. The zero-order valence-corrected chi connectivity index (χ0v) is 17.5. The predicted octanol–water partition coefficient (Wildman–Crippen LogP) is -2.76. The third kappa shape index (κ3) is 14.8. The zero-order chi connectivity index (χ0) is 22.7. The van der Waals surface area contributed by atoms with E-state index in [0.717, 1.165) is 6.42 Å². The van der Waals surface area contributed by atoms with Crippen molar-refractivity contribution in [1.82, 2.24) is 14.7 Å². The number of nitrogens with zero attached hydrogens (tertiary/aromatic N) is 3. The van der Waals surface area contributed by atoms with Gasteiger partial charge in [-0.15, -0.1) is 0 Å². The van der Waals surface area contributed by atoms with E-state index in [1.165, 1.54) is 21.6 Å². The summed E-state index contributed by atoms with van der Waals surface area (Å²) in [5.74, 6) is -0.892. The molecular weight excluding hydrogens is 386 g/mol. The average molecular weight is 424 g/mol. The second kappa shape index (κ2) is 19.5. The summed E-state index contributed by atoms with van der Waals surface area (Å²) in [6.45, 7) is 4.13. The molecule has 172 valence electrons. The van der Waals surface area contributed by atoms with E-state index in [4.69, 9.17) is 25.5 Å². The Morgan fingerprint density at radius 1 is 0.586 bits per heavy atom. The molecule has 0 aromatic rings. The van der Waals surface area contributed by atoms with Crippen LogP contribution in [0.2, 0.25) is 0 Å². The van der Waals surface area contributed by atoms with Gasteiger partial charge < -0.3 is 40.2 Å². The first-order valence-corrected chi connectivity index (χ1v) is 9.68. The number of hydrogen-bond acceptors (Lipinski definition) is 8. The van der Waals surface area contributed by atoms with Crippen molar-refractivity contribution >= 4 is 17.7 Å². The molecule has 0 aliphatic rings. The van der Waals surface area contributed by atoms with Gasteiger partial charge in [-0.3, -0.25) is 14.4 Å². The Balaban J connectivity index is 0. The summed E-state index contributed by atoms with van der Waals surface area (Å²) in [7, 11) is 0. The number of carbonyl (C=O) groups excluding carboxylic acids is 3. The quantitative estimate of drug-likeness (QED) is 0.188. The third-order valence-electron chi connectivity index (χ3n) is 3.80. The van der Waals surface area contributed by atoms with Crippen LogP contribution in [0, 0.1) is 0 Å². The van der Waals surface area contributed by atoms with Crippen LogP contribution in [-0.4, -0.2) is 130 Å². The fourth-order valence-corrected chi connectivity index (χ4v) is 2.38. The lowest BCUT2D eigenvalue weighted by atomic mass is 10.3. The van der Waals surface area contributed by atoms with Gasteiger partial charge in [-0.1, -0.05) is 6.92 Å². The minimum atomic E-state index is -0.424. The van der Waals surface area contributed by atoms with Gasteiger partial charge in [0.25, 0.3) is 0 Å². The third-order valence-corrected chi connectivity index (χ3v) is 3.80. The van der Waals surface area contributed by atoms with Crippen molar-refractivity contribution in [3.8, 4) is 0 Å². The molecule has 0 bridgehead atoms. The smallest absolute Gasteiger partial charge is 0.232 e. The fourth-order valence-electron chi connectivity index (χ4n) is 2.38. The van der Waals surface area contributed by atoms with Gasteiger partial charge in [0.1, 0.15) is 6.42 Å². The average Bonchev–Trinajstić information content (AvgIpc) is 2.67. The summed E-state index contributed by atoms with van der Waals surface area (Å²) in [5, 5.41) is 43.4. The molecule has 3 amide bonds. The standard InChI is InChI=1S/C12H24N2O5.C6H13NO3/c1-2-3-13(4-7-15)11(18)10-12(19)14(5-8-16)6-9-17;1-6(10)7(2-4-8)3-5-9/h15-17H,2-10H2,1H3;8-9H,2-5H2,1H3. The maximum Gasteiger partial charge on any atom is 0.232 e. The first-order chi connectivity index (χ1) is 13.8. The molecule has 0 rings (SSSR count). The summed E-state index contributed by atoms with van der Waals surface area (Å²) in [5.41, 5.74) is 0. The monoisotopic (exact) mass is 423 g/mol. The second-order valence-corrected chi connectivity index (χ2v) is 6.06. The van der Waals surface area contributed by atoms with E-state index in [9.17, 15) is 14.4 Å². The van der Waals surface area contributed by atoms with Crippen molar-refractivity contribution in [2.75, 3.05) is 72.3 Å². The van der Waals surface area contributed by atoms with Gasteiger partial charge in [-0.2, -0.15) is 0 Å². The molecule has 0 spiro atoms. The van der Waals surface area contributed by atoms with E-state index in [2.05, 4.69) is 0 Å². The largest absolute Gasteiger partial charge is 0.395 e. The number of hydrogen-bond donors (Lipinski definition) is 5. The second-order valence-electron chi connectivity index (χ2n) is 6.06. The Morgan fingerprint density at radius 3 is 1.17 bits per heavy atom. The van der Waals surface area contributed by atoms with E-state index in [0.29, 0.717) is 19.6 Å². The molecule has 0 saturated carbocycles. The van der Waals surface area contributed by atoms with Crippen molar-refractivity contribution in [3.63, 3.8) is 0 Å². The number of amides is 3. The van der Waals surface area contributed by atoms with Gasteiger partial charge in [0, 0.05) is 46.2 Å². The number of rotatable bonds is 14. The van der Waals surface area contributed by atoms with Crippen molar-refractivity contribution < 1.29 is 39.9 Å². The molecule has 0 saturated heterocycles. The van der Waals surface area contributed by atoms with E-state index >= 15 is 0 Å². The van der Waals surface area contributed by atoms with Gasteiger partial charge >= 0.3 is 0 Å². The zero-order valence-electron chi connectivity index (χ0n) is 17.5. The van der Waals surface area contributed by atoms with Gasteiger partial charge in [-0.05, 0) is 6.42 Å². The SMILES string of the molecule is CC(=O)N(CCO)CCO.CCCN(CCO)C(=O)CC(=O)N(CCO)CCO. The number of aliphatic hydroxyl groups excluding tert-OH is 5. The summed E-state index contributed by atoms with van der Waals surface area (Å²) in [4.78, 5) is 38.4. The molecule has 0 aliphatic heterocycles. The Bertz CT molecular complexity index is 407. The molecule has 0 heterocycles. The summed E-state index contributed by atoms with van der Waals surface area (Å²) < 4.78 is 0. The van der Waals surface area contributed by atoms with E-state index in [1.807, 2.05) is 6.92 Å². The molecule has 0 radical (unpaired) electrons. The van der Waals surface area contributed by atoms with Crippen molar-refractivity contribution in [2.45, 2.75) is 26.7 Å². The molecule has 5 N–H and O–H groups in total. The van der Waals surface area contributed by atoms with Gasteiger partial charge in [-0.25, -0.2) is 0 Å². The maximum atomic E-state index is 11.9. The highest BCUT2D eigenvalue weighted by Crippen LogP contribution is 2.01. The van der Waals surface area contributed by atoms with Gasteiger partial charge in [0.15, 0.2) is 0 Å². The molecule has 0 aromatic carbocycles. The highest BCUT2D eigenvalue weighted by Gasteiger charge is 2.20. The molecule has 0 fully saturated rings. The molecule has 11 heteroatoms. The molecule has 0 atom stereocenters. The van der Waals surface area contributed by atoms with Crippen LogP contribution < -0.4 is 0 Å². The minimum Gasteiger partial charge on any atom is -0.395 e. The first kappa shape index (κ1) is 29.4. The number of aliphatic hydroxyl groups is 5. The molecular formula is C18H37N3O8. The van der Waals surface area contributed by atoms with Gasteiger partial charge in [0.2, 0.25) is 17.7 Å². The Labute approximate surface area is 172 Å². The Kier molecular flexibility index (Phi) is 19.8. The van der Waals surface area contributed by atoms with Crippen LogP contribution in [0.1, 0.15) is 26.7 Å². The lowest BCUT2D eigenvalue weighted by molar-refractivity contribution is -0.141. The first-order valence-electron chi connectivity index (χ1n) is 9.68. The van der Waals surface area contributed by atoms with Crippen LogP contribution in [0.3, 0.4) is 0 Å². The van der Waals surface area contributed by atoms with E-state index in [-0.39, 0.29) is 70.9 Å². The highest BCUT2D eigenvalue weighted by molar-refractivity contribution is 5.96. The molecule has 29 heavy (non-hydrogen) atoms. The summed E-state index contributed by atoms with van der Waals surface area (Å²) in [6, 6.07) is 0.